The van der Waals surface area contributed by atoms with Crippen molar-refractivity contribution in [3.8, 4) is 0 Å². The molecule has 118 valence electrons. The van der Waals surface area contributed by atoms with E-state index >= 15 is 0 Å². The van der Waals surface area contributed by atoms with Crippen molar-refractivity contribution in [2.75, 3.05) is 0 Å². The van der Waals surface area contributed by atoms with Crippen molar-refractivity contribution >= 4 is 40.4 Å². The molecule has 0 bridgehead atoms. The van der Waals surface area contributed by atoms with Crippen LogP contribution in [0.4, 0.5) is 0 Å². The molecule has 6 nitrogen and oxygen atoms in total. The number of hydrogen-bond donors (Lipinski definition) is 3. The Morgan fingerprint density at radius 1 is 1.05 bits per heavy atom. The fraction of sp³-hybridized carbons (Fsp3) is 0.400. The first-order valence-electron chi connectivity index (χ1n) is 7.08. The van der Waals surface area contributed by atoms with Crippen LogP contribution in [0.5, 0.6) is 0 Å². The summed E-state index contributed by atoms with van der Waals surface area (Å²) in [5, 5.41) is 9.18. The van der Waals surface area contributed by atoms with Gasteiger partial charge in [0, 0.05) is 3.57 Å². The van der Waals surface area contributed by atoms with E-state index in [1.54, 1.807) is 18.2 Å². The van der Waals surface area contributed by atoms with Gasteiger partial charge in [-0.15, -0.1) is 0 Å². The lowest BCUT2D eigenvalue weighted by Crippen LogP contribution is -2.48. The van der Waals surface area contributed by atoms with E-state index in [0.29, 0.717) is 18.4 Å². The van der Waals surface area contributed by atoms with Crippen LogP contribution in [-0.2, 0) is 9.59 Å². The number of carbonyl (C=O) groups is 3. The van der Waals surface area contributed by atoms with Crippen molar-refractivity contribution in [3.05, 3.63) is 33.4 Å². The Bertz CT molecular complexity index is 591. The van der Waals surface area contributed by atoms with Gasteiger partial charge >= 0.3 is 5.97 Å². The van der Waals surface area contributed by atoms with Crippen LogP contribution in [0.1, 0.15) is 36.0 Å². The molecule has 0 aromatic heterocycles. The SMILES string of the molecule is O=C(NNC(=O)[C@H]1CCCC[C@H]1C(=O)O)c1ccccc1I. The van der Waals surface area contributed by atoms with Crippen molar-refractivity contribution in [3.63, 3.8) is 0 Å². The highest BCUT2D eigenvalue weighted by Crippen LogP contribution is 2.30. The number of nitrogens with one attached hydrogen (secondary N) is 2. The highest BCUT2D eigenvalue weighted by molar-refractivity contribution is 14.1. The average molecular weight is 416 g/mol. The minimum atomic E-state index is -0.955. The van der Waals surface area contributed by atoms with Gasteiger partial charge in [-0.2, -0.15) is 0 Å². The highest BCUT2D eigenvalue weighted by atomic mass is 127. The number of rotatable bonds is 3. The summed E-state index contributed by atoms with van der Waals surface area (Å²) in [5.74, 6) is -3.08. The van der Waals surface area contributed by atoms with Gasteiger partial charge in [-0.25, -0.2) is 0 Å². The maximum absolute atomic E-state index is 12.1. The molecule has 1 aromatic rings. The third-order valence-corrected chi connectivity index (χ3v) is 4.78. The summed E-state index contributed by atoms with van der Waals surface area (Å²) in [5.41, 5.74) is 5.18. The van der Waals surface area contributed by atoms with Gasteiger partial charge in [0.15, 0.2) is 0 Å². The standard InChI is InChI=1S/C15H17IN2O4/c16-12-8-4-3-7-11(12)14(20)18-17-13(19)9-5-1-2-6-10(9)15(21)22/h3-4,7-10H,1-2,5-6H2,(H,17,19)(H,18,20)(H,21,22)/t9-,10+/m0/s1. The maximum atomic E-state index is 12.1. The molecular weight excluding hydrogens is 399 g/mol. The van der Waals surface area contributed by atoms with Crippen molar-refractivity contribution in [1.82, 2.24) is 10.9 Å². The highest BCUT2D eigenvalue weighted by Gasteiger charge is 2.35. The molecule has 1 fully saturated rings. The van der Waals surface area contributed by atoms with Gasteiger partial charge in [-0.05, 0) is 47.6 Å². The van der Waals surface area contributed by atoms with Crippen molar-refractivity contribution in [2.24, 2.45) is 11.8 Å². The molecule has 2 atom stereocenters. The number of hydrogen-bond acceptors (Lipinski definition) is 3. The Labute approximate surface area is 141 Å². The summed E-state index contributed by atoms with van der Waals surface area (Å²) >= 11 is 2.04. The summed E-state index contributed by atoms with van der Waals surface area (Å²) in [7, 11) is 0. The Balaban J connectivity index is 1.96. The first kappa shape index (κ1) is 16.7. The van der Waals surface area contributed by atoms with Crippen molar-refractivity contribution < 1.29 is 19.5 Å². The second-order valence-corrected chi connectivity index (χ2v) is 6.42. The molecule has 2 amide bonds. The smallest absolute Gasteiger partial charge is 0.307 e. The van der Waals surface area contributed by atoms with Crippen LogP contribution < -0.4 is 10.9 Å². The zero-order chi connectivity index (χ0) is 16.1. The van der Waals surface area contributed by atoms with Crippen molar-refractivity contribution in [2.45, 2.75) is 25.7 Å². The minimum absolute atomic E-state index is 0.416. The van der Waals surface area contributed by atoms with E-state index < -0.39 is 29.6 Å². The van der Waals surface area contributed by atoms with E-state index in [0.717, 1.165) is 16.4 Å². The summed E-state index contributed by atoms with van der Waals surface area (Å²) in [6.45, 7) is 0. The second-order valence-electron chi connectivity index (χ2n) is 5.26. The molecule has 0 spiro atoms. The molecule has 0 aliphatic heterocycles. The quantitative estimate of drug-likeness (QED) is 0.519. The first-order chi connectivity index (χ1) is 10.5. The van der Waals surface area contributed by atoms with Gasteiger partial charge in [0.2, 0.25) is 5.91 Å². The van der Waals surface area contributed by atoms with Crippen LogP contribution in [0, 0.1) is 15.4 Å². The summed E-state index contributed by atoms with van der Waals surface area (Å²) in [6, 6.07) is 7.00. The lowest BCUT2D eigenvalue weighted by atomic mass is 9.79. The van der Waals surface area contributed by atoms with Gasteiger partial charge in [-0.3, -0.25) is 25.2 Å². The Hall–Kier alpha value is -1.64. The van der Waals surface area contributed by atoms with E-state index in [2.05, 4.69) is 10.9 Å². The van der Waals surface area contributed by atoms with E-state index in [1.807, 2.05) is 28.7 Å². The number of carboxylic acid groups (broad SMARTS) is 1. The monoisotopic (exact) mass is 416 g/mol. The number of carbonyl (C=O) groups excluding carboxylic acids is 2. The fourth-order valence-corrected chi connectivity index (χ4v) is 3.30. The van der Waals surface area contributed by atoms with Crippen LogP contribution in [0.3, 0.4) is 0 Å². The lowest BCUT2D eigenvalue weighted by Gasteiger charge is -2.27. The van der Waals surface area contributed by atoms with Gasteiger partial charge in [0.1, 0.15) is 0 Å². The number of benzene rings is 1. The molecule has 0 radical (unpaired) electrons. The summed E-state index contributed by atoms with van der Waals surface area (Å²) in [6.07, 6.45) is 2.67. The van der Waals surface area contributed by atoms with Gasteiger partial charge in [0.05, 0.1) is 17.4 Å². The van der Waals surface area contributed by atoms with Crippen LogP contribution in [0.15, 0.2) is 24.3 Å². The molecule has 1 saturated carbocycles. The molecule has 0 heterocycles. The van der Waals surface area contributed by atoms with Gasteiger partial charge in [0.25, 0.3) is 5.91 Å². The fourth-order valence-electron chi connectivity index (χ4n) is 2.66. The summed E-state index contributed by atoms with van der Waals surface area (Å²) in [4.78, 5) is 35.4. The van der Waals surface area contributed by atoms with Gasteiger partial charge in [-0.1, -0.05) is 25.0 Å². The molecule has 1 aliphatic carbocycles. The lowest BCUT2D eigenvalue weighted by molar-refractivity contribution is -0.149. The third-order valence-electron chi connectivity index (χ3n) is 3.84. The number of halogens is 1. The largest absolute Gasteiger partial charge is 0.481 e. The van der Waals surface area contributed by atoms with Crippen molar-refractivity contribution in [1.29, 1.82) is 0 Å². The molecular formula is C15H17IN2O4. The predicted molar refractivity (Wildman–Crippen MR) is 87.9 cm³/mol. The molecule has 2 rings (SSSR count). The van der Waals surface area contributed by atoms with E-state index in [9.17, 15) is 19.5 Å². The first-order valence-corrected chi connectivity index (χ1v) is 8.16. The predicted octanol–water partition coefficient (Wildman–Crippen LogP) is 1.94. The van der Waals surface area contributed by atoms with Crippen LogP contribution in [-0.4, -0.2) is 22.9 Å². The van der Waals surface area contributed by atoms with Crippen LogP contribution in [0.25, 0.3) is 0 Å². The normalized spacial score (nSPS) is 21.0. The molecule has 22 heavy (non-hydrogen) atoms. The third kappa shape index (κ3) is 3.96. The van der Waals surface area contributed by atoms with E-state index in [4.69, 9.17) is 0 Å². The molecule has 0 saturated heterocycles. The minimum Gasteiger partial charge on any atom is -0.481 e. The van der Waals surface area contributed by atoms with E-state index in [1.165, 1.54) is 0 Å². The maximum Gasteiger partial charge on any atom is 0.307 e. The number of hydrazine groups is 1. The Morgan fingerprint density at radius 3 is 2.32 bits per heavy atom. The molecule has 1 aromatic carbocycles. The zero-order valence-electron chi connectivity index (χ0n) is 11.8. The van der Waals surface area contributed by atoms with Crippen LogP contribution in [0.2, 0.25) is 0 Å². The zero-order valence-corrected chi connectivity index (χ0v) is 14.0. The Kier molecular flexibility index (Phi) is 5.76. The molecule has 0 unspecified atom stereocenters. The van der Waals surface area contributed by atoms with E-state index in [-0.39, 0.29) is 0 Å². The molecule has 3 N–H and O–H groups in total. The van der Waals surface area contributed by atoms with Gasteiger partial charge < -0.3 is 5.11 Å². The van der Waals surface area contributed by atoms with Crippen LogP contribution >= 0.6 is 22.6 Å². The topological polar surface area (TPSA) is 95.5 Å². The number of amides is 2. The molecule has 7 heteroatoms. The average Bonchev–Trinajstić information content (AvgIpc) is 2.52. The second kappa shape index (κ2) is 7.57. The molecule has 1 aliphatic rings. The number of carboxylic acids is 1. The summed E-state index contributed by atoms with van der Waals surface area (Å²) < 4.78 is 0.771. The Morgan fingerprint density at radius 2 is 1.68 bits per heavy atom. The number of aliphatic carboxylic acids is 1.